The average molecular weight is 292 g/mol. The number of rotatable bonds is 0. The first-order valence-corrected chi connectivity index (χ1v) is 7.64. The van der Waals surface area contributed by atoms with Crippen molar-refractivity contribution in [3.05, 3.63) is 70.8 Å². The van der Waals surface area contributed by atoms with Gasteiger partial charge in [0.2, 0.25) is 0 Å². The molecule has 1 aliphatic rings. The van der Waals surface area contributed by atoms with Gasteiger partial charge in [-0.25, -0.2) is 0 Å². The summed E-state index contributed by atoms with van der Waals surface area (Å²) in [5, 5.41) is 0. The van der Waals surface area contributed by atoms with Crippen molar-refractivity contribution in [2.24, 2.45) is 5.41 Å². The zero-order valence-corrected chi connectivity index (χ0v) is 13.2. The van der Waals surface area contributed by atoms with Crippen LogP contribution < -0.4 is 0 Å². The summed E-state index contributed by atoms with van der Waals surface area (Å²) in [6, 6.07) is 15.4. The fourth-order valence-corrected chi connectivity index (χ4v) is 3.44. The molecule has 0 bridgehead atoms. The lowest BCUT2D eigenvalue weighted by atomic mass is 9.68. The predicted octanol–water partition coefficient (Wildman–Crippen LogP) is 4.63. The van der Waals surface area contributed by atoms with E-state index in [1.165, 1.54) is 0 Å². The standard InChI is InChI=1S/C20H20O2/c1-20(2,3)19-15-10-6-4-8-13(15)17(21)12-18(22)14-9-5-7-11-16(14)19/h4-11,19H,12H2,1-3H3. The Balaban J connectivity index is 2.36. The molecule has 22 heavy (non-hydrogen) atoms. The van der Waals surface area contributed by atoms with Crippen LogP contribution >= 0.6 is 0 Å². The fraction of sp³-hybridized carbons (Fsp3) is 0.300. The van der Waals surface area contributed by atoms with Crippen LogP contribution in [0.15, 0.2) is 48.5 Å². The van der Waals surface area contributed by atoms with Gasteiger partial charge >= 0.3 is 0 Å². The minimum Gasteiger partial charge on any atom is -0.294 e. The van der Waals surface area contributed by atoms with Gasteiger partial charge in [0.05, 0.1) is 6.42 Å². The summed E-state index contributed by atoms with van der Waals surface area (Å²) in [6.07, 6.45) is -0.0507. The SMILES string of the molecule is CC(C)(C)C1c2ccccc2C(=O)CC(=O)c2ccccc21. The van der Waals surface area contributed by atoms with Crippen LogP contribution in [-0.2, 0) is 0 Å². The number of hydrogen-bond acceptors (Lipinski definition) is 2. The van der Waals surface area contributed by atoms with Crippen molar-refractivity contribution >= 4 is 11.6 Å². The number of carbonyl (C=O) groups is 2. The molecule has 1 aliphatic carbocycles. The van der Waals surface area contributed by atoms with Crippen LogP contribution in [0.4, 0.5) is 0 Å². The van der Waals surface area contributed by atoms with Crippen LogP contribution in [-0.4, -0.2) is 11.6 Å². The average Bonchev–Trinajstić information content (AvgIpc) is 2.46. The van der Waals surface area contributed by atoms with Crippen molar-refractivity contribution in [1.29, 1.82) is 0 Å². The molecule has 2 aromatic rings. The van der Waals surface area contributed by atoms with Gasteiger partial charge in [-0.2, -0.15) is 0 Å². The Labute approximate surface area is 131 Å². The normalized spacial score (nSPS) is 15.8. The smallest absolute Gasteiger partial charge is 0.170 e. The van der Waals surface area contributed by atoms with Gasteiger partial charge in [0, 0.05) is 17.0 Å². The van der Waals surface area contributed by atoms with Crippen molar-refractivity contribution < 1.29 is 9.59 Å². The molecule has 2 aromatic carbocycles. The van der Waals surface area contributed by atoms with Crippen LogP contribution in [0.5, 0.6) is 0 Å². The van der Waals surface area contributed by atoms with E-state index in [1.807, 2.05) is 48.5 Å². The Kier molecular flexibility index (Phi) is 3.48. The van der Waals surface area contributed by atoms with Gasteiger partial charge in [-0.15, -0.1) is 0 Å². The first kappa shape index (κ1) is 14.7. The van der Waals surface area contributed by atoms with Gasteiger partial charge < -0.3 is 0 Å². The van der Waals surface area contributed by atoms with Crippen molar-refractivity contribution in [3.8, 4) is 0 Å². The van der Waals surface area contributed by atoms with E-state index in [4.69, 9.17) is 0 Å². The maximum atomic E-state index is 12.5. The molecule has 0 heterocycles. The lowest BCUT2D eigenvalue weighted by Crippen LogP contribution is -2.27. The van der Waals surface area contributed by atoms with Gasteiger partial charge in [0.15, 0.2) is 11.6 Å². The predicted molar refractivity (Wildman–Crippen MR) is 87.5 cm³/mol. The molecular formula is C20H20O2. The van der Waals surface area contributed by atoms with E-state index in [1.54, 1.807) is 0 Å². The third-order valence-electron chi connectivity index (χ3n) is 4.33. The highest BCUT2D eigenvalue weighted by Gasteiger charge is 2.35. The molecule has 2 nitrogen and oxygen atoms in total. The van der Waals surface area contributed by atoms with Gasteiger partial charge in [0.25, 0.3) is 0 Å². The second kappa shape index (κ2) is 5.20. The van der Waals surface area contributed by atoms with Gasteiger partial charge in [-0.3, -0.25) is 9.59 Å². The van der Waals surface area contributed by atoms with E-state index in [0.29, 0.717) is 11.1 Å². The molecule has 0 radical (unpaired) electrons. The molecule has 0 atom stereocenters. The molecule has 0 fully saturated rings. The third-order valence-corrected chi connectivity index (χ3v) is 4.33. The van der Waals surface area contributed by atoms with Gasteiger partial charge in [0.1, 0.15) is 0 Å². The number of hydrogen-bond donors (Lipinski definition) is 0. The Hall–Kier alpha value is -2.22. The molecule has 0 aromatic heterocycles. The van der Waals surface area contributed by atoms with E-state index < -0.39 is 0 Å². The second-order valence-electron chi connectivity index (χ2n) is 7.00. The minimum atomic E-state index is -0.0931. The molecule has 0 saturated carbocycles. The summed E-state index contributed by atoms with van der Waals surface area (Å²) in [5.41, 5.74) is 3.33. The van der Waals surface area contributed by atoms with Gasteiger partial charge in [-0.05, 0) is 16.5 Å². The Morgan fingerprint density at radius 1 is 0.773 bits per heavy atom. The van der Waals surface area contributed by atoms with E-state index >= 15 is 0 Å². The summed E-state index contributed by atoms with van der Waals surface area (Å²) in [7, 11) is 0. The molecule has 112 valence electrons. The zero-order valence-electron chi connectivity index (χ0n) is 13.2. The first-order chi connectivity index (χ1) is 10.4. The molecule has 0 saturated heterocycles. The van der Waals surface area contributed by atoms with E-state index in [-0.39, 0.29) is 29.3 Å². The summed E-state index contributed by atoms with van der Waals surface area (Å²) in [5.74, 6) is -0.137. The topological polar surface area (TPSA) is 34.1 Å². The van der Waals surface area contributed by atoms with Crippen LogP contribution in [0.3, 0.4) is 0 Å². The lowest BCUT2D eigenvalue weighted by molar-refractivity contribution is 0.0890. The highest BCUT2D eigenvalue weighted by Crippen LogP contribution is 2.44. The molecule has 3 rings (SSSR count). The van der Waals surface area contributed by atoms with E-state index in [9.17, 15) is 9.59 Å². The summed E-state index contributed by atoms with van der Waals surface area (Å²) < 4.78 is 0. The fourth-order valence-electron chi connectivity index (χ4n) is 3.44. The highest BCUT2D eigenvalue weighted by atomic mass is 16.1. The number of Topliss-reactive ketones (excluding diaryl/α,β-unsaturated/α-hetero) is 2. The highest BCUT2D eigenvalue weighted by molar-refractivity contribution is 6.15. The van der Waals surface area contributed by atoms with Gasteiger partial charge in [-0.1, -0.05) is 69.3 Å². The molecule has 0 spiro atoms. The summed E-state index contributed by atoms with van der Waals surface area (Å²) in [6.45, 7) is 6.46. The molecule has 0 N–H and O–H groups in total. The summed E-state index contributed by atoms with van der Waals surface area (Å²) >= 11 is 0. The summed E-state index contributed by atoms with van der Waals surface area (Å²) in [4.78, 5) is 25.1. The Bertz CT molecular complexity index is 693. The molecule has 0 amide bonds. The molecule has 0 unspecified atom stereocenters. The Morgan fingerprint density at radius 2 is 1.18 bits per heavy atom. The van der Waals surface area contributed by atoms with E-state index in [0.717, 1.165) is 11.1 Å². The monoisotopic (exact) mass is 292 g/mol. The molecular weight excluding hydrogens is 272 g/mol. The first-order valence-electron chi connectivity index (χ1n) is 7.64. The number of benzene rings is 2. The largest absolute Gasteiger partial charge is 0.294 e. The maximum Gasteiger partial charge on any atom is 0.170 e. The van der Waals surface area contributed by atoms with Crippen molar-refractivity contribution in [2.75, 3.05) is 0 Å². The lowest BCUT2D eigenvalue weighted by Gasteiger charge is -2.35. The Morgan fingerprint density at radius 3 is 1.59 bits per heavy atom. The quantitative estimate of drug-likeness (QED) is 0.663. The van der Waals surface area contributed by atoms with Crippen molar-refractivity contribution in [1.82, 2.24) is 0 Å². The third kappa shape index (κ3) is 2.39. The number of ketones is 2. The van der Waals surface area contributed by atoms with Crippen LogP contribution in [0.1, 0.15) is 65.0 Å². The minimum absolute atomic E-state index is 0.0214. The van der Waals surface area contributed by atoms with E-state index in [2.05, 4.69) is 20.8 Å². The zero-order chi connectivity index (χ0) is 15.9. The number of carbonyl (C=O) groups excluding carboxylic acids is 2. The molecule has 0 aliphatic heterocycles. The van der Waals surface area contributed by atoms with Crippen molar-refractivity contribution in [3.63, 3.8) is 0 Å². The van der Waals surface area contributed by atoms with Crippen molar-refractivity contribution in [2.45, 2.75) is 33.1 Å². The van der Waals surface area contributed by atoms with Crippen LogP contribution in [0, 0.1) is 5.41 Å². The number of fused-ring (bicyclic) bond motifs is 2. The van der Waals surface area contributed by atoms with Crippen LogP contribution in [0.2, 0.25) is 0 Å². The second-order valence-corrected chi connectivity index (χ2v) is 7.00. The maximum absolute atomic E-state index is 12.5. The molecule has 2 heteroatoms. The van der Waals surface area contributed by atoms with Crippen LogP contribution in [0.25, 0.3) is 0 Å².